The molecule has 0 heterocycles. The molecule has 9 rings (SSSR count). The SMILES string of the molecule is CC(=O)[C@H]1CC[C@H]2[C@@H]3CCC4=CC(=O)CC(C5CC5C5CC(=O)C=C6CC[C@H]7[C@@H]8CC[C@H](C(C)=O)[C@@]8(C)CC[C@@H]7[C@@]65C)[C@@]4(C)[C@H]3CC[C@]12C. The summed E-state index contributed by atoms with van der Waals surface area (Å²) in [6.07, 6.45) is 20.4. The van der Waals surface area contributed by atoms with E-state index in [1.54, 1.807) is 0 Å². The molecule has 16 atom stereocenters. The Morgan fingerprint density at radius 3 is 1.33 bits per heavy atom. The molecule has 4 heteroatoms. The second-order valence-corrected chi connectivity index (χ2v) is 20.4. The van der Waals surface area contributed by atoms with Gasteiger partial charge in [0.25, 0.3) is 0 Å². The zero-order valence-electron chi connectivity index (χ0n) is 31.3. The first-order valence-corrected chi connectivity index (χ1v) is 20.7. The van der Waals surface area contributed by atoms with Crippen LogP contribution in [0.1, 0.15) is 138 Å². The molecule has 266 valence electrons. The number of carbonyl (C=O) groups is 4. The van der Waals surface area contributed by atoms with E-state index in [0.29, 0.717) is 95.2 Å². The predicted octanol–water partition coefficient (Wildman–Crippen LogP) is 9.55. The molecule has 9 aliphatic carbocycles. The first-order chi connectivity index (χ1) is 23.2. The number of ketones is 4. The minimum atomic E-state index is 0.0530. The monoisotopic (exact) mass is 666 g/mol. The molecule has 0 aliphatic heterocycles. The van der Waals surface area contributed by atoms with Gasteiger partial charge in [0.05, 0.1) is 0 Å². The van der Waals surface area contributed by atoms with Crippen molar-refractivity contribution in [2.24, 2.45) is 92.7 Å². The van der Waals surface area contributed by atoms with Crippen LogP contribution in [0.2, 0.25) is 0 Å². The highest BCUT2D eigenvalue weighted by molar-refractivity contribution is 5.93. The lowest BCUT2D eigenvalue weighted by molar-refractivity contribution is -0.132. The van der Waals surface area contributed by atoms with E-state index in [2.05, 4.69) is 39.8 Å². The maximum atomic E-state index is 13.5. The quantitative estimate of drug-likeness (QED) is 0.300. The Morgan fingerprint density at radius 2 is 0.939 bits per heavy atom. The van der Waals surface area contributed by atoms with Crippen LogP contribution in [0, 0.1) is 92.7 Å². The van der Waals surface area contributed by atoms with Crippen LogP contribution >= 0.6 is 0 Å². The molecule has 0 amide bonds. The molecule has 7 saturated carbocycles. The van der Waals surface area contributed by atoms with Crippen molar-refractivity contribution >= 4 is 23.1 Å². The Balaban J connectivity index is 1.02. The number of hydrogen-bond donors (Lipinski definition) is 0. The number of carbonyl (C=O) groups excluding carboxylic acids is 4. The third-order valence-electron chi connectivity index (χ3n) is 19.3. The molecule has 49 heavy (non-hydrogen) atoms. The van der Waals surface area contributed by atoms with Crippen LogP contribution in [0.15, 0.2) is 23.3 Å². The van der Waals surface area contributed by atoms with Gasteiger partial charge in [0.15, 0.2) is 11.6 Å². The molecule has 0 N–H and O–H groups in total. The van der Waals surface area contributed by atoms with Crippen LogP contribution in [0.25, 0.3) is 0 Å². The number of hydrogen-bond acceptors (Lipinski definition) is 4. The molecular formula is C45H62O4. The summed E-state index contributed by atoms with van der Waals surface area (Å²) in [5, 5.41) is 0. The second-order valence-electron chi connectivity index (χ2n) is 20.4. The summed E-state index contributed by atoms with van der Waals surface area (Å²) < 4.78 is 0. The molecule has 0 saturated heterocycles. The Bertz CT molecular complexity index is 1450. The lowest BCUT2D eigenvalue weighted by Crippen LogP contribution is -2.55. The summed E-state index contributed by atoms with van der Waals surface area (Å²) in [6, 6.07) is 0. The molecule has 0 spiro atoms. The molecule has 0 aromatic rings. The van der Waals surface area contributed by atoms with E-state index >= 15 is 0 Å². The fraction of sp³-hybridized carbons (Fsp3) is 0.822. The molecule has 0 aromatic heterocycles. The molecular weight excluding hydrogens is 604 g/mol. The second kappa shape index (κ2) is 10.8. The van der Waals surface area contributed by atoms with Gasteiger partial charge in [0, 0.05) is 24.7 Å². The lowest BCUT2D eigenvalue weighted by atomic mass is 9.43. The summed E-state index contributed by atoms with van der Waals surface area (Å²) in [5.41, 5.74) is 3.28. The van der Waals surface area contributed by atoms with Crippen molar-refractivity contribution in [1.29, 1.82) is 0 Å². The van der Waals surface area contributed by atoms with Crippen LogP contribution in [0.5, 0.6) is 0 Å². The predicted molar refractivity (Wildman–Crippen MR) is 191 cm³/mol. The Morgan fingerprint density at radius 1 is 0.531 bits per heavy atom. The van der Waals surface area contributed by atoms with Crippen molar-refractivity contribution < 1.29 is 19.2 Å². The first kappa shape index (κ1) is 33.0. The van der Waals surface area contributed by atoms with Gasteiger partial charge in [-0.2, -0.15) is 0 Å². The molecule has 4 unspecified atom stereocenters. The number of fused-ring (bicyclic) bond motifs is 10. The molecule has 4 nitrogen and oxygen atoms in total. The standard InChI is InChI=1S/C45H62O4/c1-24(46)34-11-13-36-30-9-7-26-19-28(48)21-40(44(26,5)38(30)15-17-42(34,36)3)32-23-33(32)41-22-29(49)20-27-8-10-31-37-14-12-35(25(2)47)43(37,4)18-16-39(31)45(27,41)6/h19-20,30-41H,7-18,21-23H2,1-6H3/t30-,31-,32?,33?,34+,35+,36-,37-,38-,39-,40?,41?,42+,43+,44+,45+/m0/s1. The molecule has 0 radical (unpaired) electrons. The molecule has 7 fully saturated rings. The van der Waals surface area contributed by atoms with Gasteiger partial charge < -0.3 is 0 Å². The summed E-state index contributed by atoms with van der Waals surface area (Å²) in [5.74, 6) is 7.49. The smallest absolute Gasteiger partial charge is 0.155 e. The number of rotatable bonds is 4. The van der Waals surface area contributed by atoms with Gasteiger partial charge in [-0.25, -0.2) is 0 Å². The van der Waals surface area contributed by atoms with Crippen molar-refractivity contribution in [2.45, 2.75) is 138 Å². The van der Waals surface area contributed by atoms with E-state index in [9.17, 15) is 19.2 Å². The van der Waals surface area contributed by atoms with Gasteiger partial charge in [-0.1, -0.05) is 38.8 Å². The maximum absolute atomic E-state index is 13.5. The Labute approximate surface area is 295 Å². The zero-order valence-corrected chi connectivity index (χ0v) is 31.3. The fourth-order valence-corrected chi connectivity index (χ4v) is 17.1. The van der Waals surface area contributed by atoms with E-state index in [4.69, 9.17) is 0 Å². The summed E-state index contributed by atoms with van der Waals surface area (Å²) in [7, 11) is 0. The molecule has 0 aromatic carbocycles. The fourth-order valence-electron chi connectivity index (χ4n) is 17.1. The molecule has 9 aliphatic rings. The van der Waals surface area contributed by atoms with Crippen LogP contribution in [-0.2, 0) is 19.2 Å². The molecule has 0 bridgehead atoms. The van der Waals surface area contributed by atoms with Gasteiger partial charge >= 0.3 is 0 Å². The highest BCUT2D eigenvalue weighted by Gasteiger charge is 2.68. The van der Waals surface area contributed by atoms with Gasteiger partial charge in [0.1, 0.15) is 11.6 Å². The highest BCUT2D eigenvalue weighted by atomic mass is 16.1. The number of Topliss-reactive ketones (excluding diaryl/α,β-unsaturated/α-hetero) is 2. The van der Waals surface area contributed by atoms with Crippen molar-refractivity contribution in [3.8, 4) is 0 Å². The lowest BCUT2D eigenvalue weighted by Gasteiger charge is -2.61. The summed E-state index contributed by atoms with van der Waals surface area (Å²) in [6.45, 7) is 13.7. The summed E-state index contributed by atoms with van der Waals surface area (Å²) >= 11 is 0. The average molecular weight is 667 g/mol. The zero-order chi connectivity index (χ0) is 34.4. The van der Waals surface area contributed by atoms with Crippen molar-refractivity contribution in [1.82, 2.24) is 0 Å². The van der Waals surface area contributed by atoms with E-state index in [-0.39, 0.29) is 33.5 Å². The van der Waals surface area contributed by atoms with E-state index in [1.807, 2.05) is 13.8 Å². The highest BCUT2D eigenvalue weighted by Crippen LogP contribution is 2.74. The van der Waals surface area contributed by atoms with E-state index < -0.39 is 0 Å². The van der Waals surface area contributed by atoms with Gasteiger partial charge in [-0.15, -0.1) is 0 Å². The van der Waals surface area contributed by atoms with Gasteiger partial charge in [-0.05, 0) is 190 Å². The van der Waals surface area contributed by atoms with E-state index in [1.165, 1.54) is 56.1 Å². The third-order valence-corrected chi connectivity index (χ3v) is 19.3. The summed E-state index contributed by atoms with van der Waals surface area (Å²) in [4.78, 5) is 52.7. The van der Waals surface area contributed by atoms with Crippen molar-refractivity contribution in [3.63, 3.8) is 0 Å². The minimum Gasteiger partial charge on any atom is -0.300 e. The van der Waals surface area contributed by atoms with Crippen molar-refractivity contribution in [2.75, 3.05) is 0 Å². The van der Waals surface area contributed by atoms with Gasteiger partial charge in [-0.3, -0.25) is 19.2 Å². The third kappa shape index (κ3) is 4.33. The van der Waals surface area contributed by atoms with Crippen LogP contribution in [-0.4, -0.2) is 23.1 Å². The van der Waals surface area contributed by atoms with Crippen LogP contribution in [0.4, 0.5) is 0 Å². The topological polar surface area (TPSA) is 68.3 Å². The van der Waals surface area contributed by atoms with Gasteiger partial charge in [0.2, 0.25) is 0 Å². The van der Waals surface area contributed by atoms with Crippen molar-refractivity contribution in [3.05, 3.63) is 23.3 Å². The average Bonchev–Trinajstić information content (AvgIpc) is 3.60. The van der Waals surface area contributed by atoms with Crippen LogP contribution in [0.3, 0.4) is 0 Å². The van der Waals surface area contributed by atoms with Crippen LogP contribution < -0.4 is 0 Å². The first-order valence-electron chi connectivity index (χ1n) is 20.7. The Kier molecular flexibility index (Phi) is 7.31. The van der Waals surface area contributed by atoms with E-state index in [0.717, 1.165) is 38.5 Å². The maximum Gasteiger partial charge on any atom is 0.155 e. The normalized spacial score (nSPS) is 54.3. The Hall–Kier alpha value is -1.84. The minimum absolute atomic E-state index is 0.0530. The largest absolute Gasteiger partial charge is 0.300 e. The number of allylic oxidation sites excluding steroid dienone is 2.